The number of hydrogen-bond donors (Lipinski definition) is 1. The molecule has 0 amide bonds. The molecule has 7 heteroatoms. The Labute approximate surface area is 124 Å². The number of rotatable bonds is 2. The average molecular weight is 307 g/mol. The zero-order valence-electron chi connectivity index (χ0n) is 11.6. The molecule has 2 aromatic rings. The zero-order chi connectivity index (χ0) is 15.7. The van der Waals surface area contributed by atoms with E-state index in [0.717, 1.165) is 11.6 Å². The van der Waals surface area contributed by atoms with Crippen LogP contribution in [0.4, 0.5) is 13.2 Å². The van der Waals surface area contributed by atoms with Crippen LogP contribution in [0.15, 0.2) is 47.7 Å². The van der Waals surface area contributed by atoms with Crippen molar-refractivity contribution in [2.24, 2.45) is 4.99 Å². The predicted molar refractivity (Wildman–Crippen MR) is 73.9 cm³/mol. The Morgan fingerprint density at radius 2 is 1.86 bits per heavy atom. The molecule has 1 aromatic heterocycles. The van der Waals surface area contributed by atoms with Crippen molar-refractivity contribution in [1.29, 1.82) is 0 Å². The van der Waals surface area contributed by atoms with E-state index in [1.807, 2.05) is 0 Å². The topological polar surface area (TPSA) is 46.5 Å². The fourth-order valence-corrected chi connectivity index (χ4v) is 2.16. The van der Waals surface area contributed by atoms with E-state index in [9.17, 15) is 13.2 Å². The number of aryl methyl sites for hydroxylation is 1. The van der Waals surface area contributed by atoms with Crippen molar-refractivity contribution in [3.05, 3.63) is 65.0 Å². The fourth-order valence-electron chi connectivity index (χ4n) is 2.16. The third kappa shape index (κ3) is 2.80. The van der Waals surface area contributed by atoms with Gasteiger partial charge in [0.15, 0.2) is 6.17 Å². The molecule has 1 aliphatic rings. The second kappa shape index (κ2) is 5.42. The summed E-state index contributed by atoms with van der Waals surface area (Å²) in [4.78, 5) is 13.4. The highest BCUT2D eigenvalue weighted by Gasteiger charge is 2.33. The molecule has 0 aliphatic carbocycles. The maximum atomic E-state index is 13.0. The van der Waals surface area contributed by atoms with Crippen molar-refractivity contribution in [3.63, 3.8) is 0 Å². The molecule has 22 heavy (non-hydrogen) atoms. The standard InChI is InChI=1S/C15H12F3N3O/c1-9-2-3-11(8-12(9)15(16,17)18)14-20-13(21-22-14)10-4-6-19-7-5-10/h2-8,13,21H,1H3. The van der Waals surface area contributed by atoms with Gasteiger partial charge in [-0.25, -0.2) is 4.99 Å². The summed E-state index contributed by atoms with van der Waals surface area (Å²) < 4.78 is 38.9. The van der Waals surface area contributed by atoms with Crippen LogP contribution in [-0.4, -0.2) is 10.9 Å². The minimum atomic E-state index is -4.41. The van der Waals surface area contributed by atoms with Gasteiger partial charge in [0.25, 0.3) is 0 Å². The van der Waals surface area contributed by atoms with Crippen LogP contribution in [0, 0.1) is 6.92 Å². The molecular weight excluding hydrogens is 295 g/mol. The minimum absolute atomic E-state index is 0.132. The number of hydroxylamine groups is 1. The summed E-state index contributed by atoms with van der Waals surface area (Å²) in [6.45, 7) is 1.42. The van der Waals surface area contributed by atoms with Crippen molar-refractivity contribution >= 4 is 5.90 Å². The molecule has 1 unspecified atom stereocenters. The Morgan fingerprint density at radius 3 is 2.55 bits per heavy atom. The van der Waals surface area contributed by atoms with Crippen LogP contribution in [0.1, 0.15) is 28.4 Å². The number of hydrogen-bond acceptors (Lipinski definition) is 4. The summed E-state index contributed by atoms with van der Waals surface area (Å²) in [5.74, 6) is 0.132. The predicted octanol–water partition coefficient (Wildman–Crippen LogP) is 3.39. The van der Waals surface area contributed by atoms with Crippen LogP contribution < -0.4 is 5.48 Å². The molecule has 3 rings (SSSR count). The summed E-state index contributed by atoms with van der Waals surface area (Å²) in [6.07, 6.45) is -1.65. The molecule has 1 aliphatic heterocycles. The van der Waals surface area contributed by atoms with Crippen molar-refractivity contribution in [2.45, 2.75) is 19.3 Å². The summed E-state index contributed by atoms with van der Waals surface area (Å²) in [5, 5.41) is 0. The third-order valence-electron chi connectivity index (χ3n) is 3.33. The molecular formula is C15H12F3N3O. The molecule has 2 heterocycles. The lowest BCUT2D eigenvalue weighted by Gasteiger charge is -2.11. The first-order valence-electron chi connectivity index (χ1n) is 6.53. The van der Waals surface area contributed by atoms with Gasteiger partial charge in [-0.1, -0.05) is 6.07 Å². The van der Waals surface area contributed by atoms with Gasteiger partial charge in [-0.05, 0) is 42.3 Å². The van der Waals surface area contributed by atoms with Crippen LogP contribution in [-0.2, 0) is 11.0 Å². The number of nitrogens with one attached hydrogen (secondary N) is 1. The minimum Gasteiger partial charge on any atom is -0.386 e. The molecule has 0 saturated heterocycles. The number of halogens is 3. The Morgan fingerprint density at radius 1 is 1.14 bits per heavy atom. The monoisotopic (exact) mass is 307 g/mol. The zero-order valence-corrected chi connectivity index (χ0v) is 11.6. The quantitative estimate of drug-likeness (QED) is 0.925. The third-order valence-corrected chi connectivity index (χ3v) is 3.33. The summed E-state index contributed by atoms with van der Waals surface area (Å²) >= 11 is 0. The lowest BCUT2D eigenvalue weighted by Crippen LogP contribution is -2.15. The summed E-state index contributed by atoms with van der Waals surface area (Å²) in [6, 6.07) is 7.52. The Bertz CT molecular complexity index is 714. The maximum absolute atomic E-state index is 13.0. The number of benzene rings is 1. The molecule has 1 N–H and O–H groups in total. The van der Waals surface area contributed by atoms with E-state index in [4.69, 9.17) is 4.84 Å². The van der Waals surface area contributed by atoms with E-state index in [0.29, 0.717) is 0 Å². The van der Waals surface area contributed by atoms with Gasteiger partial charge in [0.05, 0.1) is 5.56 Å². The van der Waals surface area contributed by atoms with Crippen molar-refractivity contribution < 1.29 is 18.0 Å². The van der Waals surface area contributed by atoms with Crippen molar-refractivity contribution in [2.75, 3.05) is 0 Å². The number of nitrogens with zero attached hydrogens (tertiary/aromatic N) is 2. The van der Waals surface area contributed by atoms with Gasteiger partial charge in [-0.3, -0.25) is 4.98 Å². The molecule has 1 atom stereocenters. The van der Waals surface area contributed by atoms with Crippen LogP contribution in [0.3, 0.4) is 0 Å². The fraction of sp³-hybridized carbons (Fsp3) is 0.200. The van der Waals surface area contributed by atoms with Crippen LogP contribution in [0.5, 0.6) is 0 Å². The molecule has 114 valence electrons. The highest BCUT2D eigenvalue weighted by atomic mass is 19.4. The van der Waals surface area contributed by atoms with Gasteiger partial charge in [0.1, 0.15) is 0 Å². The largest absolute Gasteiger partial charge is 0.416 e. The SMILES string of the molecule is Cc1ccc(C2=NC(c3ccncc3)NO2)cc1C(F)(F)F. The Hall–Kier alpha value is -2.41. The summed E-state index contributed by atoms with van der Waals surface area (Å²) in [7, 11) is 0. The smallest absolute Gasteiger partial charge is 0.386 e. The first-order valence-corrected chi connectivity index (χ1v) is 6.53. The lowest BCUT2D eigenvalue weighted by atomic mass is 10.0. The Balaban J connectivity index is 1.93. The van der Waals surface area contributed by atoms with E-state index in [2.05, 4.69) is 15.5 Å². The molecule has 0 fully saturated rings. The van der Waals surface area contributed by atoms with Gasteiger partial charge in [-0.15, -0.1) is 5.48 Å². The molecule has 4 nitrogen and oxygen atoms in total. The van der Waals surface area contributed by atoms with Gasteiger partial charge in [0, 0.05) is 18.0 Å². The highest BCUT2D eigenvalue weighted by Crippen LogP contribution is 2.33. The second-order valence-corrected chi connectivity index (χ2v) is 4.86. The second-order valence-electron chi connectivity index (χ2n) is 4.86. The van der Waals surface area contributed by atoms with Crippen LogP contribution in [0.25, 0.3) is 0 Å². The Kier molecular flexibility index (Phi) is 3.58. The molecule has 1 aromatic carbocycles. The first-order chi connectivity index (χ1) is 10.4. The van der Waals surface area contributed by atoms with E-state index < -0.39 is 17.9 Å². The number of pyridine rings is 1. The molecule has 0 bridgehead atoms. The van der Waals surface area contributed by atoms with E-state index >= 15 is 0 Å². The van der Waals surface area contributed by atoms with Gasteiger partial charge in [-0.2, -0.15) is 13.2 Å². The van der Waals surface area contributed by atoms with Crippen molar-refractivity contribution in [3.8, 4) is 0 Å². The average Bonchev–Trinajstić information content (AvgIpc) is 2.97. The normalized spacial score (nSPS) is 18.0. The lowest BCUT2D eigenvalue weighted by molar-refractivity contribution is -0.138. The molecule has 0 radical (unpaired) electrons. The number of alkyl halides is 3. The number of aliphatic imine (C=N–C) groups is 1. The van der Waals surface area contributed by atoms with Gasteiger partial charge < -0.3 is 4.84 Å². The van der Waals surface area contributed by atoms with Crippen molar-refractivity contribution in [1.82, 2.24) is 10.5 Å². The van der Waals surface area contributed by atoms with E-state index in [1.54, 1.807) is 30.6 Å². The van der Waals surface area contributed by atoms with Crippen LogP contribution in [0.2, 0.25) is 0 Å². The summed E-state index contributed by atoms with van der Waals surface area (Å²) in [5.41, 5.74) is 3.24. The van der Waals surface area contributed by atoms with Crippen LogP contribution >= 0.6 is 0 Å². The van der Waals surface area contributed by atoms with E-state index in [-0.39, 0.29) is 17.0 Å². The van der Waals surface area contributed by atoms with E-state index in [1.165, 1.54) is 13.0 Å². The number of aromatic nitrogens is 1. The van der Waals surface area contributed by atoms with Gasteiger partial charge in [0.2, 0.25) is 5.90 Å². The molecule has 0 saturated carbocycles. The first kappa shape index (κ1) is 14.5. The molecule has 0 spiro atoms. The van der Waals surface area contributed by atoms with Gasteiger partial charge >= 0.3 is 6.18 Å². The maximum Gasteiger partial charge on any atom is 0.416 e. The highest BCUT2D eigenvalue weighted by molar-refractivity contribution is 5.95.